The summed E-state index contributed by atoms with van der Waals surface area (Å²) in [6, 6.07) is 11.3. The van der Waals surface area contributed by atoms with Crippen molar-refractivity contribution in [3.63, 3.8) is 0 Å². The average Bonchev–Trinajstić information content (AvgIpc) is 3.36. The van der Waals surface area contributed by atoms with E-state index in [0.29, 0.717) is 24.4 Å². The molecule has 4 aromatic rings. The molecule has 0 radical (unpaired) electrons. The quantitative estimate of drug-likeness (QED) is 0.492. The topological polar surface area (TPSA) is 95.7 Å². The Morgan fingerprint density at radius 2 is 2.04 bits per heavy atom. The monoisotopic (exact) mass is 361 g/mol. The smallest absolute Gasteiger partial charge is 0.269 e. The van der Waals surface area contributed by atoms with E-state index < -0.39 is 0 Å². The van der Waals surface area contributed by atoms with Crippen LogP contribution in [0, 0.1) is 0 Å². The second-order valence-electron chi connectivity index (χ2n) is 6.13. The first-order valence-electron chi connectivity index (χ1n) is 8.62. The molecular weight excluding hydrogens is 342 g/mol. The van der Waals surface area contributed by atoms with Crippen molar-refractivity contribution >= 4 is 16.8 Å². The number of aromatic amines is 2. The lowest BCUT2D eigenvalue weighted by atomic mass is 10.1. The fourth-order valence-corrected chi connectivity index (χ4v) is 3.01. The number of benzene rings is 1. The van der Waals surface area contributed by atoms with Gasteiger partial charge >= 0.3 is 0 Å². The molecule has 0 aliphatic heterocycles. The van der Waals surface area contributed by atoms with Gasteiger partial charge in [-0.15, -0.1) is 0 Å². The highest BCUT2D eigenvalue weighted by molar-refractivity contribution is 5.93. The molecule has 136 valence electrons. The molecule has 3 heterocycles. The van der Waals surface area contributed by atoms with Crippen LogP contribution in [0.15, 0.2) is 55.0 Å². The number of carbonyl (C=O) groups is 1. The van der Waals surface area contributed by atoms with Crippen molar-refractivity contribution in [2.45, 2.75) is 6.42 Å². The van der Waals surface area contributed by atoms with Crippen LogP contribution in [-0.2, 0) is 6.42 Å². The minimum absolute atomic E-state index is 0.180. The molecule has 7 heteroatoms. The Bertz CT molecular complexity index is 1070. The van der Waals surface area contributed by atoms with Crippen molar-refractivity contribution in [2.75, 3.05) is 13.7 Å². The molecule has 0 aliphatic rings. The summed E-state index contributed by atoms with van der Waals surface area (Å²) < 4.78 is 5.29. The van der Waals surface area contributed by atoms with Crippen molar-refractivity contribution < 1.29 is 9.53 Å². The second kappa shape index (κ2) is 7.33. The van der Waals surface area contributed by atoms with Crippen LogP contribution < -0.4 is 10.1 Å². The number of nitrogens with one attached hydrogen (secondary N) is 3. The van der Waals surface area contributed by atoms with Gasteiger partial charge < -0.3 is 15.0 Å². The molecule has 0 saturated carbocycles. The van der Waals surface area contributed by atoms with Gasteiger partial charge in [0.25, 0.3) is 5.91 Å². The molecule has 4 rings (SSSR count). The Balaban J connectivity index is 1.40. The van der Waals surface area contributed by atoms with Crippen LogP contribution >= 0.6 is 0 Å². The lowest BCUT2D eigenvalue weighted by molar-refractivity contribution is 0.0949. The van der Waals surface area contributed by atoms with E-state index in [1.165, 1.54) is 0 Å². The normalized spacial score (nSPS) is 10.9. The number of amides is 1. The number of nitrogens with zero attached hydrogens (tertiary/aromatic N) is 2. The standard InChI is InChI=1S/C20H19N5O2/c1-27-15-2-3-17-16(10-15)14(12-23-17)6-9-22-20(26)19-11-18(24-25-19)13-4-7-21-8-5-13/h2-5,7-8,10-12,23H,6,9H2,1H3,(H,22,26)(H,24,25). The van der Waals surface area contributed by atoms with Crippen molar-refractivity contribution in [3.8, 4) is 17.0 Å². The number of ether oxygens (including phenoxy) is 1. The summed E-state index contributed by atoms with van der Waals surface area (Å²) in [7, 11) is 1.65. The molecule has 0 bridgehead atoms. The van der Waals surface area contributed by atoms with Crippen LogP contribution in [0.2, 0.25) is 0 Å². The fourth-order valence-electron chi connectivity index (χ4n) is 3.01. The number of methoxy groups -OCH3 is 1. The zero-order chi connectivity index (χ0) is 18.6. The van der Waals surface area contributed by atoms with Gasteiger partial charge in [-0.25, -0.2) is 0 Å². The first-order chi connectivity index (χ1) is 13.2. The Kier molecular flexibility index (Phi) is 4.57. The predicted molar refractivity (Wildman–Crippen MR) is 103 cm³/mol. The Hall–Kier alpha value is -3.61. The summed E-state index contributed by atoms with van der Waals surface area (Å²) in [6.45, 7) is 0.520. The third-order valence-corrected chi connectivity index (χ3v) is 4.45. The van der Waals surface area contributed by atoms with Crippen molar-refractivity contribution in [2.24, 2.45) is 0 Å². The highest BCUT2D eigenvalue weighted by Gasteiger charge is 2.11. The summed E-state index contributed by atoms with van der Waals surface area (Å²) in [5, 5.41) is 11.0. The van der Waals surface area contributed by atoms with E-state index in [1.807, 2.05) is 36.5 Å². The molecule has 3 N–H and O–H groups in total. The van der Waals surface area contributed by atoms with E-state index in [9.17, 15) is 4.79 Å². The van der Waals surface area contributed by atoms with Gasteiger partial charge in [-0.1, -0.05) is 0 Å². The summed E-state index contributed by atoms with van der Waals surface area (Å²) in [4.78, 5) is 19.6. The van der Waals surface area contributed by atoms with E-state index in [-0.39, 0.29) is 5.91 Å². The van der Waals surface area contributed by atoms with Gasteiger partial charge in [0.15, 0.2) is 0 Å². The van der Waals surface area contributed by atoms with Gasteiger partial charge in [0.2, 0.25) is 0 Å². The van der Waals surface area contributed by atoms with Crippen LogP contribution in [0.25, 0.3) is 22.2 Å². The van der Waals surface area contributed by atoms with E-state index in [1.54, 1.807) is 25.6 Å². The van der Waals surface area contributed by atoms with Crippen molar-refractivity contribution in [3.05, 3.63) is 66.2 Å². The predicted octanol–water partition coefficient (Wildman–Crippen LogP) is 2.93. The third kappa shape index (κ3) is 3.52. The Labute approximate surface area is 155 Å². The first-order valence-corrected chi connectivity index (χ1v) is 8.62. The maximum Gasteiger partial charge on any atom is 0.269 e. The number of rotatable bonds is 6. The minimum Gasteiger partial charge on any atom is -0.497 e. The number of hydrogen-bond acceptors (Lipinski definition) is 4. The van der Waals surface area contributed by atoms with Gasteiger partial charge in [-0.05, 0) is 48.4 Å². The van der Waals surface area contributed by atoms with E-state index in [2.05, 4.69) is 25.5 Å². The van der Waals surface area contributed by atoms with Crippen molar-refractivity contribution in [1.82, 2.24) is 25.5 Å². The van der Waals surface area contributed by atoms with Gasteiger partial charge in [-0.3, -0.25) is 14.9 Å². The molecule has 0 spiro atoms. The Morgan fingerprint density at radius 3 is 2.85 bits per heavy atom. The Morgan fingerprint density at radius 1 is 1.19 bits per heavy atom. The van der Waals surface area contributed by atoms with Crippen LogP contribution in [-0.4, -0.2) is 39.7 Å². The largest absolute Gasteiger partial charge is 0.497 e. The van der Waals surface area contributed by atoms with Gasteiger partial charge in [0, 0.05) is 41.6 Å². The molecule has 3 aromatic heterocycles. The van der Waals surface area contributed by atoms with Crippen LogP contribution in [0.3, 0.4) is 0 Å². The summed E-state index contributed by atoms with van der Waals surface area (Å²) in [5.41, 5.74) is 4.24. The van der Waals surface area contributed by atoms with Crippen molar-refractivity contribution in [1.29, 1.82) is 0 Å². The number of aromatic nitrogens is 4. The van der Waals surface area contributed by atoms with Crippen LogP contribution in [0.4, 0.5) is 0 Å². The zero-order valence-corrected chi connectivity index (χ0v) is 14.8. The molecule has 0 saturated heterocycles. The molecule has 0 fully saturated rings. The van der Waals surface area contributed by atoms with E-state index in [0.717, 1.165) is 27.8 Å². The number of H-pyrrole nitrogens is 2. The fraction of sp³-hybridized carbons (Fsp3) is 0.150. The maximum absolute atomic E-state index is 12.4. The van der Waals surface area contributed by atoms with E-state index >= 15 is 0 Å². The van der Waals surface area contributed by atoms with Gasteiger partial charge in [-0.2, -0.15) is 5.10 Å². The number of fused-ring (bicyclic) bond motifs is 1. The highest BCUT2D eigenvalue weighted by atomic mass is 16.5. The first kappa shape index (κ1) is 16.8. The number of hydrogen-bond donors (Lipinski definition) is 3. The van der Waals surface area contributed by atoms with E-state index in [4.69, 9.17) is 4.74 Å². The summed E-state index contributed by atoms with van der Waals surface area (Å²) in [5.74, 6) is 0.633. The number of carbonyl (C=O) groups excluding carboxylic acids is 1. The molecule has 0 aliphatic carbocycles. The third-order valence-electron chi connectivity index (χ3n) is 4.45. The molecule has 1 amide bonds. The highest BCUT2D eigenvalue weighted by Crippen LogP contribution is 2.23. The lowest BCUT2D eigenvalue weighted by Crippen LogP contribution is -2.25. The SMILES string of the molecule is COc1ccc2[nH]cc(CCNC(=O)c3cc(-c4ccncc4)n[nH]3)c2c1. The molecule has 0 unspecified atom stereocenters. The molecule has 1 aromatic carbocycles. The van der Waals surface area contributed by atoms with Crippen LogP contribution in [0.1, 0.15) is 16.1 Å². The van der Waals surface area contributed by atoms with Gasteiger partial charge in [0.05, 0.1) is 12.8 Å². The molecular formula is C20H19N5O2. The molecule has 27 heavy (non-hydrogen) atoms. The lowest BCUT2D eigenvalue weighted by Gasteiger charge is -2.04. The summed E-state index contributed by atoms with van der Waals surface area (Å²) in [6.07, 6.45) is 6.07. The molecule has 0 atom stereocenters. The van der Waals surface area contributed by atoms with Gasteiger partial charge in [0.1, 0.15) is 11.4 Å². The van der Waals surface area contributed by atoms with Crippen LogP contribution in [0.5, 0.6) is 5.75 Å². The minimum atomic E-state index is -0.180. The number of pyridine rings is 1. The summed E-state index contributed by atoms with van der Waals surface area (Å²) >= 11 is 0. The molecule has 7 nitrogen and oxygen atoms in total. The zero-order valence-electron chi connectivity index (χ0n) is 14.8. The second-order valence-corrected chi connectivity index (χ2v) is 6.13. The maximum atomic E-state index is 12.4. The average molecular weight is 361 g/mol.